The van der Waals surface area contributed by atoms with E-state index in [2.05, 4.69) is 22.2 Å². The van der Waals surface area contributed by atoms with Gasteiger partial charge in [0.2, 0.25) is 0 Å². The maximum atomic E-state index is 14.5. The second-order valence-corrected chi connectivity index (χ2v) is 7.52. The second-order valence-electron chi connectivity index (χ2n) is 7.52. The normalized spacial score (nSPS) is 11.1. The number of aliphatic imine (C=N–C) groups is 1. The first-order valence-corrected chi connectivity index (χ1v) is 11.2. The number of anilines is 2. The van der Waals surface area contributed by atoms with Gasteiger partial charge in [-0.3, -0.25) is 4.99 Å². The van der Waals surface area contributed by atoms with Crippen molar-refractivity contribution in [2.45, 2.75) is 26.2 Å². The van der Waals surface area contributed by atoms with Crippen LogP contribution in [0.1, 0.15) is 37.3 Å². The molecule has 1 N–H and O–H groups in total. The van der Waals surface area contributed by atoms with Crippen LogP contribution in [0, 0.1) is 23.0 Å². The molecule has 0 amide bonds. The Bertz CT molecular complexity index is 1240. The topological polar surface area (TPSA) is 79.5 Å². The largest absolute Gasteiger partial charge is 0.493 e. The zero-order valence-corrected chi connectivity index (χ0v) is 19.6. The number of nitrogens with zero attached hydrogens (tertiary/aromatic N) is 3. The molecule has 0 bridgehead atoms. The lowest BCUT2D eigenvalue weighted by Crippen LogP contribution is -2.01. The number of nitrogens with one attached hydrogen (secondary N) is 1. The van der Waals surface area contributed by atoms with Crippen molar-refractivity contribution < 1.29 is 18.3 Å². The van der Waals surface area contributed by atoms with Gasteiger partial charge in [0.05, 0.1) is 25.0 Å². The molecule has 35 heavy (non-hydrogen) atoms. The van der Waals surface area contributed by atoms with Crippen molar-refractivity contribution in [3.63, 3.8) is 0 Å². The molecule has 0 aliphatic carbocycles. The Hall–Kier alpha value is -4.25. The summed E-state index contributed by atoms with van der Waals surface area (Å²) in [6.07, 6.45) is 9.33. The van der Waals surface area contributed by atoms with Gasteiger partial charge in [-0.2, -0.15) is 5.26 Å². The maximum Gasteiger partial charge on any atom is 0.168 e. The number of hydrogen-bond acceptors (Lipinski definition) is 6. The monoisotopic (exact) mass is 476 g/mol. The quantitative estimate of drug-likeness (QED) is 0.239. The zero-order valence-electron chi connectivity index (χ0n) is 19.6. The van der Waals surface area contributed by atoms with Crippen LogP contribution in [0.2, 0.25) is 0 Å². The molecule has 3 rings (SSSR count). The molecular weight excluding hydrogens is 450 g/mol. The SMILES string of the molecule is CCCCCOc1c(/C=C/C=Nc2cc(F)cc(F)c2Nc2ccc(C#N)cn2)cccc1OC. The molecular formula is C27H26F2N4O2. The first-order chi connectivity index (χ1) is 17.0. The minimum Gasteiger partial charge on any atom is -0.493 e. The number of nitriles is 1. The van der Waals surface area contributed by atoms with Crippen LogP contribution in [0.4, 0.5) is 26.0 Å². The lowest BCUT2D eigenvalue weighted by molar-refractivity contribution is 0.285. The average Bonchev–Trinajstić information content (AvgIpc) is 2.87. The number of methoxy groups -OCH3 is 1. The van der Waals surface area contributed by atoms with Gasteiger partial charge in [0.25, 0.3) is 0 Å². The van der Waals surface area contributed by atoms with Gasteiger partial charge in [0.1, 0.15) is 23.4 Å². The molecule has 0 saturated heterocycles. The Labute approximate surface area is 203 Å². The molecule has 0 aliphatic rings. The third kappa shape index (κ3) is 7.11. The van der Waals surface area contributed by atoms with Gasteiger partial charge in [-0.25, -0.2) is 13.8 Å². The summed E-state index contributed by atoms with van der Waals surface area (Å²) in [7, 11) is 1.58. The molecule has 3 aromatic rings. The van der Waals surface area contributed by atoms with Crippen molar-refractivity contribution in [2.75, 3.05) is 19.0 Å². The number of hydrogen-bond donors (Lipinski definition) is 1. The third-order valence-electron chi connectivity index (χ3n) is 4.98. The number of para-hydroxylation sites is 1. The second kappa shape index (κ2) is 12.8. The van der Waals surface area contributed by atoms with Crippen molar-refractivity contribution in [1.29, 1.82) is 5.26 Å². The molecule has 8 heteroatoms. The van der Waals surface area contributed by atoms with Crippen LogP contribution in [-0.2, 0) is 0 Å². The highest BCUT2D eigenvalue weighted by Crippen LogP contribution is 2.33. The number of pyridine rings is 1. The van der Waals surface area contributed by atoms with Gasteiger partial charge in [0, 0.05) is 30.1 Å². The molecule has 1 aromatic heterocycles. The van der Waals surface area contributed by atoms with Crippen LogP contribution >= 0.6 is 0 Å². The van der Waals surface area contributed by atoms with E-state index in [4.69, 9.17) is 14.7 Å². The van der Waals surface area contributed by atoms with Gasteiger partial charge in [0.15, 0.2) is 17.3 Å². The molecule has 6 nitrogen and oxygen atoms in total. The standard InChI is InChI=1S/C27H26F2N4O2/c1-3-4-5-14-35-27-20(8-6-10-24(27)34-2)9-7-13-31-23-16-21(28)15-22(29)26(23)33-25-12-11-19(17-30)18-32-25/h6-13,15-16,18H,3-5,14H2,1-2H3,(H,32,33)/b9-7+,31-13?. The van der Waals surface area contributed by atoms with Gasteiger partial charge in [-0.15, -0.1) is 0 Å². The number of ether oxygens (including phenoxy) is 2. The molecule has 0 saturated carbocycles. The fraction of sp³-hybridized carbons (Fsp3) is 0.222. The smallest absolute Gasteiger partial charge is 0.168 e. The first-order valence-electron chi connectivity index (χ1n) is 11.2. The van der Waals surface area contributed by atoms with Gasteiger partial charge >= 0.3 is 0 Å². The van der Waals surface area contributed by atoms with Crippen molar-refractivity contribution in [3.05, 3.63) is 77.5 Å². The summed E-state index contributed by atoms with van der Waals surface area (Å²) in [6.45, 7) is 2.70. The summed E-state index contributed by atoms with van der Waals surface area (Å²) in [5.41, 5.74) is 1.18. The predicted octanol–water partition coefficient (Wildman–Crippen LogP) is 6.97. The number of allylic oxidation sites excluding steroid dienone is 1. The number of rotatable bonds is 11. The van der Waals surface area contributed by atoms with E-state index in [1.165, 1.54) is 18.5 Å². The molecule has 180 valence electrons. The third-order valence-corrected chi connectivity index (χ3v) is 4.98. The van der Waals surface area contributed by atoms with Crippen LogP contribution in [0.5, 0.6) is 11.5 Å². The molecule has 0 spiro atoms. The van der Waals surface area contributed by atoms with Crippen molar-refractivity contribution in [1.82, 2.24) is 4.98 Å². The molecule has 0 atom stereocenters. The molecule has 1 heterocycles. The van der Waals surface area contributed by atoms with Gasteiger partial charge in [-0.05, 0) is 36.8 Å². The van der Waals surface area contributed by atoms with E-state index in [0.717, 1.165) is 37.0 Å². The van der Waals surface area contributed by atoms with E-state index in [9.17, 15) is 8.78 Å². The number of aromatic nitrogens is 1. The van der Waals surface area contributed by atoms with E-state index in [1.807, 2.05) is 24.3 Å². The highest BCUT2D eigenvalue weighted by Gasteiger charge is 2.12. The molecule has 2 aromatic carbocycles. The Morgan fingerprint density at radius 1 is 1.17 bits per heavy atom. The van der Waals surface area contributed by atoms with E-state index in [0.29, 0.717) is 29.5 Å². The van der Waals surface area contributed by atoms with Crippen molar-refractivity contribution in [2.24, 2.45) is 4.99 Å². The summed E-state index contributed by atoms with van der Waals surface area (Å²) in [5, 5.41) is 11.7. The highest BCUT2D eigenvalue weighted by molar-refractivity contribution is 5.84. The fourth-order valence-corrected chi connectivity index (χ4v) is 3.22. The summed E-state index contributed by atoms with van der Waals surface area (Å²) >= 11 is 0. The predicted molar refractivity (Wildman–Crippen MR) is 134 cm³/mol. The summed E-state index contributed by atoms with van der Waals surface area (Å²) in [6, 6.07) is 12.5. The number of unbranched alkanes of at least 4 members (excludes halogenated alkanes) is 2. The highest BCUT2D eigenvalue weighted by atomic mass is 19.1. The van der Waals surface area contributed by atoms with E-state index < -0.39 is 11.6 Å². The zero-order chi connectivity index (χ0) is 25.0. The Balaban J connectivity index is 1.81. The molecule has 0 radical (unpaired) electrons. The average molecular weight is 477 g/mol. The Kier molecular flexibility index (Phi) is 9.31. The lowest BCUT2D eigenvalue weighted by atomic mass is 10.1. The van der Waals surface area contributed by atoms with Crippen molar-refractivity contribution in [3.8, 4) is 17.6 Å². The van der Waals surface area contributed by atoms with Crippen LogP contribution in [-0.4, -0.2) is 24.9 Å². The minimum atomic E-state index is -0.817. The first kappa shape index (κ1) is 25.4. The van der Waals surface area contributed by atoms with Crippen LogP contribution in [0.15, 0.2) is 59.7 Å². The molecule has 0 unspecified atom stereocenters. The summed E-state index contributed by atoms with van der Waals surface area (Å²) in [5.74, 6) is -0.0332. The number of halogens is 2. The lowest BCUT2D eigenvalue weighted by Gasteiger charge is -2.13. The fourth-order valence-electron chi connectivity index (χ4n) is 3.22. The van der Waals surface area contributed by atoms with Crippen LogP contribution in [0.25, 0.3) is 6.08 Å². The van der Waals surface area contributed by atoms with Crippen molar-refractivity contribution >= 4 is 29.5 Å². The summed E-state index contributed by atoms with van der Waals surface area (Å²) < 4.78 is 39.8. The van der Waals surface area contributed by atoms with E-state index in [-0.39, 0.29) is 11.4 Å². The minimum absolute atomic E-state index is 0.0328. The summed E-state index contributed by atoms with van der Waals surface area (Å²) in [4.78, 5) is 8.29. The van der Waals surface area contributed by atoms with E-state index >= 15 is 0 Å². The Morgan fingerprint density at radius 3 is 2.74 bits per heavy atom. The maximum absolute atomic E-state index is 14.5. The van der Waals surface area contributed by atoms with Crippen LogP contribution in [0.3, 0.4) is 0 Å². The van der Waals surface area contributed by atoms with Crippen LogP contribution < -0.4 is 14.8 Å². The molecule has 0 fully saturated rings. The van der Waals surface area contributed by atoms with Gasteiger partial charge < -0.3 is 14.8 Å². The molecule has 0 aliphatic heterocycles. The Morgan fingerprint density at radius 2 is 2.03 bits per heavy atom. The van der Waals surface area contributed by atoms with Gasteiger partial charge in [-0.1, -0.05) is 31.9 Å². The van der Waals surface area contributed by atoms with E-state index in [1.54, 1.807) is 25.3 Å². The number of benzene rings is 2.